The number of fused-ring (bicyclic) bond motifs is 2. The summed E-state index contributed by atoms with van der Waals surface area (Å²) in [6, 6.07) is 0.104. The molecule has 2 aromatic rings. The summed E-state index contributed by atoms with van der Waals surface area (Å²) < 4.78 is 20.8. The minimum atomic E-state index is -0.618. The molecule has 0 amide bonds. The van der Waals surface area contributed by atoms with Crippen LogP contribution >= 0.6 is 23.4 Å². The van der Waals surface area contributed by atoms with Crippen molar-refractivity contribution >= 4 is 40.1 Å². The standard InChI is InChI=1S/C16H19ClFN5OS.C2H6/c1-3-9-8-7-19-5-6-23(8)14-10-12(20-16(22-14)25-4-2)11(18)13(17)21-15(10)24-9;1-2/h8-9,19H,3-7H2,1-2H3;1-2H3. The highest BCUT2D eigenvalue weighted by molar-refractivity contribution is 7.99. The third-order valence-electron chi connectivity index (χ3n) is 4.60. The third kappa shape index (κ3) is 3.67. The van der Waals surface area contributed by atoms with Gasteiger partial charge in [-0.25, -0.2) is 14.4 Å². The number of piperazine rings is 1. The molecule has 2 atom stereocenters. The third-order valence-corrected chi connectivity index (χ3v) is 5.58. The van der Waals surface area contributed by atoms with E-state index in [1.807, 2.05) is 20.8 Å². The number of pyridine rings is 1. The van der Waals surface area contributed by atoms with Crippen molar-refractivity contribution in [1.29, 1.82) is 0 Å². The minimum Gasteiger partial charge on any atom is -0.471 e. The number of rotatable bonds is 3. The second kappa shape index (κ2) is 8.75. The molecule has 1 N–H and O–H groups in total. The highest BCUT2D eigenvalue weighted by Gasteiger charge is 2.38. The van der Waals surface area contributed by atoms with Gasteiger partial charge in [-0.1, -0.05) is 51.1 Å². The molecule has 9 heteroatoms. The SMILES string of the molecule is CC.CCSc1nc2c3c(nc(Cl)c(F)c3n1)OC(CC)C1CNCCN21. The van der Waals surface area contributed by atoms with E-state index in [1.165, 1.54) is 11.8 Å². The number of hydrogen-bond donors (Lipinski definition) is 1. The van der Waals surface area contributed by atoms with E-state index in [9.17, 15) is 4.39 Å². The first-order valence-corrected chi connectivity index (χ1v) is 10.8. The predicted molar refractivity (Wildman–Crippen MR) is 109 cm³/mol. The van der Waals surface area contributed by atoms with E-state index in [-0.39, 0.29) is 22.8 Å². The molecule has 2 aromatic heterocycles. The smallest absolute Gasteiger partial charge is 0.228 e. The Morgan fingerprint density at radius 3 is 2.78 bits per heavy atom. The van der Waals surface area contributed by atoms with Gasteiger partial charge in [-0.3, -0.25) is 0 Å². The Labute approximate surface area is 168 Å². The molecule has 0 radical (unpaired) electrons. The molecule has 0 saturated carbocycles. The van der Waals surface area contributed by atoms with Gasteiger partial charge in [0.15, 0.2) is 16.1 Å². The Balaban J connectivity index is 0.00000102. The minimum absolute atomic E-state index is 0.0819. The monoisotopic (exact) mass is 413 g/mol. The number of nitrogens with one attached hydrogen (secondary N) is 1. The fourth-order valence-corrected chi connectivity index (χ4v) is 4.19. The van der Waals surface area contributed by atoms with Crippen molar-refractivity contribution in [2.24, 2.45) is 0 Å². The summed E-state index contributed by atoms with van der Waals surface area (Å²) >= 11 is 7.50. The Bertz CT molecular complexity index is 824. The predicted octanol–water partition coefficient (Wildman–Crippen LogP) is 3.90. The summed E-state index contributed by atoms with van der Waals surface area (Å²) in [5, 5.41) is 4.26. The van der Waals surface area contributed by atoms with Crippen molar-refractivity contribution in [3.05, 3.63) is 11.0 Å². The second-order valence-corrected chi connectivity index (χ2v) is 7.63. The van der Waals surface area contributed by atoms with Gasteiger partial charge in [0.1, 0.15) is 22.8 Å². The Kier molecular flexibility index (Phi) is 6.60. The molecule has 2 aliphatic heterocycles. The molecule has 0 bridgehead atoms. The number of ether oxygens (including phenoxy) is 1. The van der Waals surface area contributed by atoms with Crippen LogP contribution in [0.15, 0.2) is 5.16 Å². The fraction of sp³-hybridized carbons (Fsp3) is 0.611. The maximum atomic E-state index is 14.7. The van der Waals surface area contributed by atoms with Crippen LogP contribution in [-0.4, -0.2) is 52.5 Å². The van der Waals surface area contributed by atoms with Crippen molar-refractivity contribution in [3.8, 4) is 5.88 Å². The number of thioether (sulfide) groups is 1. The van der Waals surface area contributed by atoms with Crippen molar-refractivity contribution in [1.82, 2.24) is 20.3 Å². The molecule has 6 nitrogen and oxygen atoms in total. The molecule has 148 valence electrons. The lowest BCUT2D eigenvalue weighted by atomic mass is 10.0. The first kappa shape index (κ1) is 20.4. The van der Waals surface area contributed by atoms with Crippen molar-refractivity contribution in [2.75, 3.05) is 30.3 Å². The lowest BCUT2D eigenvalue weighted by Gasteiger charge is -2.39. The van der Waals surface area contributed by atoms with E-state index >= 15 is 0 Å². The number of nitrogens with zero attached hydrogens (tertiary/aromatic N) is 4. The van der Waals surface area contributed by atoms with Gasteiger partial charge in [-0.2, -0.15) is 4.98 Å². The quantitative estimate of drug-likeness (QED) is 0.465. The Morgan fingerprint density at radius 2 is 2.07 bits per heavy atom. The first-order chi connectivity index (χ1) is 13.1. The van der Waals surface area contributed by atoms with Gasteiger partial charge >= 0.3 is 0 Å². The van der Waals surface area contributed by atoms with E-state index in [2.05, 4.69) is 27.1 Å². The van der Waals surface area contributed by atoms with Crippen LogP contribution < -0.4 is 15.0 Å². The largest absolute Gasteiger partial charge is 0.471 e. The van der Waals surface area contributed by atoms with Crippen LogP contribution in [0, 0.1) is 5.82 Å². The number of hydrogen-bond acceptors (Lipinski definition) is 7. The van der Waals surface area contributed by atoms with Gasteiger partial charge in [0.25, 0.3) is 0 Å². The van der Waals surface area contributed by atoms with Crippen LogP contribution in [0.1, 0.15) is 34.1 Å². The van der Waals surface area contributed by atoms with Crippen LogP contribution in [0.25, 0.3) is 10.9 Å². The fourth-order valence-electron chi connectivity index (χ4n) is 3.46. The molecule has 1 saturated heterocycles. The summed E-state index contributed by atoms with van der Waals surface area (Å²) in [7, 11) is 0. The van der Waals surface area contributed by atoms with E-state index in [0.717, 1.165) is 31.8 Å². The van der Waals surface area contributed by atoms with E-state index in [1.54, 1.807) is 0 Å². The molecular weight excluding hydrogens is 389 g/mol. The molecule has 0 spiro atoms. The zero-order valence-corrected chi connectivity index (χ0v) is 17.6. The van der Waals surface area contributed by atoms with Crippen LogP contribution in [0.3, 0.4) is 0 Å². The maximum absolute atomic E-state index is 14.7. The average molecular weight is 414 g/mol. The van der Waals surface area contributed by atoms with Gasteiger partial charge in [0.2, 0.25) is 5.88 Å². The maximum Gasteiger partial charge on any atom is 0.228 e. The van der Waals surface area contributed by atoms with Gasteiger partial charge in [0, 0.05) is 19.6 Å². The van der Waals surface area contributed by atoms with E-state index < -0.39 is 5.82 Å². The van der Waals surface area contributed by atoms with Gasteiger partial charge in [-0.15, -0.1) is 0 Å². The topological polar surface area (TPSA) is 63.2 Å². The first-order valence-electron chi connectivity index (χ1n) is 9.47. The molecular formula is C18H25ClFN5OS. The van der Waals surface area contributed by atoms with Gasteiger partial charge in [-0.05, 0) is 12.2 Å². The number of halogens is 2. The number of anilines is 1. The highest BCUT2D eigenvalue weighted by atomic mass is 35.5. The molecule has 0 aromatic carbocycles. The van der Waals surface area contributed by atoms with Crippen molar-refractivity contribution in [2.45, 2.75) is 51.4 Å². The van der Waals surface area contributed by atoms with Gasteiger partial charge in [0.05, 0.1) is 6.04 Å². The lowest BCUT2D eigenvalue weighted by Crippen LogP contribution is -2.57. The summed E-state index contributed by atoms with van der Waals surface area (Å²) in [6.07, 6.45) is 0.723. The van der Waals surface area contributed by atoms with E-state index in [4.69, 9.17) is 21.3 Å². The summed E-state index contributed by atoms with van der Waals surface area (Å²) in [6.45, 7) is 10.5. The van der Waals surface area contributed by atoms with Crippen LogP contribution in [-0.2, 0) is 0 Å². The summed E-state index contributed by atoms with van der Waals surface area (Å²) in [5.41, 5.74) is 0.185. The second-order valence-electron chi connectivity index (χ2n) is 6.04. The van der Waals surface area contributed by atoms with Gasteiger partial charge < -0.3 is 15.0 Å². The van der Waals surface area contributed by atoms with Crippen LogP contribution in [0.4, 0.5) is 10.2 Å². The molecule has 4 rings (SSSR count). The summed E-state index contributed by atoms with van der Waals surface area (Å²) in [4.78, 5) is 15.5. The molecule has 2 aliphatic rings. The average Bonchev–Trinajstić information content (AvgIpc) is 2.83. The van der Waals surface area contributed by atoms with Crippen molar-refractivity contribution < 1.29 is 9.13 Å². The molecule has 27 heavy (non-hydrogen) atoms. The zero-order valence-electron chi connectivity index (χ0n) is 16.1. The van der Waals surface area contributed by atoms with Crippen molar-refractivity contribution in [3.63, 3.8) is 0 Å². The Morgan fingerprint density at radius 1 is 1.30 bits per heavy atom. The Hall–Kier alpha value is -1.38. The molecule has 1 fully saturated rings. The zero-order chi connectivity index (χ0) is 19.6. The number of aromatic nitrogens is 3. The molecule has 2 unspecified atom stereocenters. The highest BCUT2D eigenvalue weighted by Crippen LogP contribution is 2.40. The van der Waals surface area contributed by atoms with Crippen LogP contribution in [0.5, 0.6) is 5.88 Å². The van der Waals surface area contributed by atoms with E-state index in [0.29, 0.717) is 22.2 Å². The molecule has 4 heterocycles. The lowest BCUT2D eigenvalue weighted by molar-refractivity contribution is 0.153. The summed E-state index contributed by atoms with van der Waals surface area (Å²) in [5.74, 6) is 1.21. The molecule has 0 aliphatic carbocycles. The normalized spacial score (nSPS) is 21.0. The van der Waals surface area contributed by atoms with Crippen LogP contribution in [0.2, 0.25) is 5.15 Å².